The molecule has 0 amide bonds. The third kappa shape index (κ3) is 2.66. The van der Waals surface area contributed by atoms with Crippen LogP contribution >= 0.6 is 45.5 Å². The van der Waals surface area contributed by atoms with Crippen LogP contribution in [0.2, 0.25) is 0 Å². The molecule has 0 saturated carbocycles. The molecule has 0 fully saturated rings. The Balaban J connectivity index is 3.18. The van der Waals surface area contributed by atoms with E-state index in [1.54, 1.807) is 12.3 Å². The molecule has 1 N–H and O–H groups in total. The number of aliphatic carboxylic acids is 1. The fourth-order valence-corrected chi connectivity index (χ4v) is 2.32. The summed E-state index contributed by atoms with van der Waals surface area (Å²) in [4.78, 5) is 21.7. The molecule has 1 heterocycles. The summed E-state index contributed by atoms with van der Waals surface area (Å²) in [6.45, 7) is 0. The summed E-state index contributed by atoms with van der Waals surface area (Å²) >= 11 is 3.71. The summed E-state index contributed by atoms with van der Waals surface area (Å²) in [5.74, 6) is -0.927. The monoisotopic (exact) mass is 405 g/mol. The van der Waals surface area contributed by atoms with Crippen molar-refractivity contribution in [3.63, 3.8) is 0 Å². The molecule has 0 aliphatic carbocycles. The van der Waals surface area contributed by atoms with Crippen molar-refractivity contribution >= 4 is 51.4 Å². The molecule has 0 aliphatic rings. The molecule has 0 radical (unpaired) electrons. The van der Waals surface area contributed by atoms with E-state index in [0.717, 1.165) is 0 Å². The van der Waals surface area contributed by atoms with Gasteiger partial charge in [-0.25, -0.2) is 0 Å². The predicted molar refractivity (Wildman–Crippen MR) is 64.2 cm³/mol. The second-order valence-corrected chi connectivity index (χ2v) is 4.46. The van der Waals surface area contributed by atoms with E-state index in [2.05, 4.69) is 0 Å². The van der Waals surface area contributed by atoms with E-state index in [-0.39, 0.29) is 12.0 Å². The minimum absolute atomic E-state index is 0.106. The van der Waals surface area contributed by atoms with Crippen LogP contribution in [0.1, 0.15) is 5.56 Å². The lowest BCUT2D eigenvalue weighted by atomic mass is 10.2. The fraction of sp³-hybridized carbons (Fsp3) is 0.143. The largest absolute Gasteiger partial charge is 0.481 e. The molecule has 1 aromatic rings. The molecular weight excluding hydrogens is 400 g/mol. The van der Waals surface area contributed by atoms with Gasteiger partial charge in [-0.1, -0.05) is 0 Å². The Hall–Kier alpha value is -0.120. The molecule has 13 heavy (non-hydrogen) atoms. The SMILES string of the molecule is O=C(O)Cc1ccn(I)c(=O)c1I. The van der Waals surface area contributed by atoms with Crippen molar-refractivity contribution in [2.45, 2.75) is 6.42 Å². The van der Waals surface area contributed by atoms with Crippen LogP contribution in [0.5, 0.6) is 0 Å². The molecule has 1 rings (SSSR count). The topological polar surface area (TPSA) is 59.3 Å². The fourth-order valence-electron chi connectivity index (χ4n) is 0.827. The van der Waals surface area contributed by atoms with Crippen LogP contribution in [0.25, 0.3) is 0 Å². The molecule has 70 valence electrons. The smallest absolute Gasteiger partial charge is 0.307 e. The summed E-state index contributed by atoms with van der Waals surface area (Å²) < 4.78 is 1.86. The van der Waals surface area contributed by atoms with Gasteiger partial charge in [-0.15, -0.1) is 0 Å². The van der Waals surface area contributed by atoms with Crippen molar-refractivity contribution in [1.29, 1.82) is 0 Å². The number of nitrogens with zero attached hydrogens (tertiary/aromatic N) is 1. The average molecular weight is 405 g/mol. The molecule has 1 aromatic heterocycles. The maximum Gasteiger partial charge on any atom is 0.307 e. The Morgan fingerprint density at radius 2 is 2.23 bits per heavy atom. The van der Waals surface area contributed by atoms with Crippen LogP contribution in [-0.2, 0) is 11.2 Å². The Bertz CT molecular complexity index is 399. The van der Waals surface area contributed by atoms with Gasteiger partial charge in [0.1, 0.15) is 0 Å². The molecule has 0 bridgehead atoms. The molecule has 6 heteroatoms. The van der Waals surface area contributed by atoms with Crippen molar-refractivity contribution in [2.75, 3.05) is 0 Å². The van der Waals surface area contributed by atoms with Gasteiger partial charge in [-0.2, -0.15) is 0 Å². The van der Waals surface area contributed by atoms with E-state index < -0.39 is 5.97 Å². The highest BCUT2D eigenvalue weighted by molar-refractivity contribution is 14.1. The third-order valence-corrected chi connectivity index (χ3v) is 3.33. The quantitative estimate of drug-likeness (QED) is 0.755. The molecule has 0 atom stereocenters. The van der Waals surface area contributed by atoms with Crippen LogP contribution in [0, 0.1) is 3.57 Å². The average Bonchev–Trinajstić information content (AvgIpc) is 2.06. The normalized spacial score (nSPS) is 10.0. The minimum atomic E-state index is -0.927. The van der Waals surface area contributed by atoms with E-state index in [0.29, 0.717) is 9.13 Å². The van der Waals surface area contributed by atoms with Crippen LogP contribution in [0.15, 0.2) is 17.1 Å². The Morgan fingerprint density at radius 3 is 2.77 bits per heavy atom. The van der Waals surface area contributed by atoms with Gasteiger partial charge in [0.15, 0.2) is 0 Å². The van der Waals surface area contributed by atoms with Crippen LogP contribution in [0.3, 0.4) is 0 Å². The van der Waals surface area contributed by atoms with Gasteiger partial charge < -0.3 is 5.11 Å². The number of hydrogen-bond donors (Lipinski definition) is 1. The Labute approximate surface area is 102 Å². The number of halogens is 2. The van der Waals surface area contributed by atoms with Gasteiger partial charge in [0.2, 0.25) is 0 Å². The van der Waals surface area contributed by atoms with Crippen LogP contribution in [0.4, 0.5) is 0 Å². The van der Waals surface area contributed by atoms with Gasteiger partial charge >= 0.3 is 5.97 Å². The zero-order valence-electron chi connectivity index (χ0n) is 6.33. The third-order valence-electron chi connectivity index (χ3n) is 1.41. The lowest BCUT2D eigenvalue weighted by molar-refractivity contribution is -0.136. The van der Waals surface area contributed by atoms with Crippen molar-refractivity contribution in [1.82, 2.24) is 2.78 Å². The molecule has 0 unspecified atom stereocenters. The second kappa shape index (κ2) is 4.40. The predicted octanol–water partition coefficient (Wildman–Crippen LogP) is 1.28. The highest BCUT2D eigenvalue weighted by Crippen LogP contribution is 2.08. The zero-order chi connectivity index (χ0) is 10.0. The number of carbonyl (C=O) groups is 1. The van der Waals surface area contributed by atoms with Crippen molar-refractivity contribution in [3.05, 3.63) is 31.8 Å². The summed E-state index contributed by atoms with van der Waals surface area (Å²) in [7, 11) is 0. The van der Waals surface area contributed by atoms with Crippen molar-refractivity contribution in [3.8, 4) is 0 Å². The summed E-state index contributed by atoms with van der Waals surface area (Å²) in [5, 5.41) is 8.54. The summed E-state index contributed by atoms with van der Waals surface area (Å²) in [5.41, 5.74) is 0.394. The molecule has 0 spiro atoms. The maximum absolute atomic E-state index is 11.3. The highest BCUT2D eigenvalue weighted by Gasteiger charge is 2.08. The van der Waals surface area contributed by atoms with E-state index in [1.165, 1.54) is 2.78 Å². The Kier molecular flexibility index (Phi) is 3.71. The number of rotatable bonds is 2. The molecule has 0 aliphatic heterocycles. The summed E-state index contributed by atoms with van der Waals surface area (Å²) in [6.07, 6.45) is 1.45. The number of pyridine rings is 1. The van der Waals surface area contributed by atoms with E-state index in [1.807, 2.05) is 45.5 Å². The molecule has 0 aromatic carbocycles. The highest BCUT2D eigenvalue weighted by atomic mass is 127. The van der Waals surface area contributed by atoms with E-state index in [9.17, 15) is 9.59 Å². The van der Waals surface area contributed by atoms with Crippen molar-refractivity contribution < 1.29 is 9.90 Å². The first-order valence-corrected chi connectivity index (χ1v) is 5.34. The number of aromatic nitrogens is 1. The first-order valence-electron chi connectivity index (χ1n) is 3.30. The number of carboxylic acid groups (broad SMARTS) is 1. The lowest BCUT2D eigenvalue weighted by Gasteiger charge is -2.01. The van der Waals surface area contributed by atoms with E-state index >= 15 is 0 Å². The minimum Gasteiger partial charge on any atom is -0.481 e. The van der Waals surface area contributed by atoms with Gasteiger partial charge in [-0.05, 0) is 34.2 Å². The Morgan fingerprint density at radius 1 is 1.62 bits per heavy atom. The van der Waals surface area contributed by atoms with Gasteiger partial charge in [0, 0.05) is 6.20 Å². The molecular formula is C7H5I2NO3. The number of carboxylic acids is 1. The standard InChI is InChI=1S/C7H5I2NO3/c8-6-4(3-5(11)12)1-2-10(9)7(6)13/h1-2H,3H2,(H,11,12). The zero-order valence-corrected chi connectivity index (χ0v) is 10.6. The van der Waals surface area contributed by atoms with Crippen LogP contribution in [-0.4, -0.2) is 13.9 Å². The van der Waals surface area contributed by atoms with E-state index in [4.69, 9.17) is 5.11 Å². The summed E-state index contributed by atoms with van der Waals surface area (Å²) in [6, 6.07) is 1.64. The second-order valence-electron chi connectivity index (χ2n) is 2.34. The lowest BCUT2D eigenvalue weighted by Crippen LogP contribution is -2.18. The van der Waals surface area contributed by atoms with Gasteiger partial charge in [0.25, 0.3) is 5.56 Å². The maximum atomic E-state index is 11.3. The van der Waals surface area contributed by atoms with Crippen molar-refractivity contribution in [2.24, 2.45) is 0 Å². The number of hydrogen-bond acceptors (Lipinski definition) is 2. The van der Waals surface area contributed by atoms with Gasteiger partial charge in [0.05, 0.1) is 32.9 Å². The molecule has 4 nitrogen and oxygen atoms in total. The first kappa shape index (κ1) is 11.0. The molecule has 0 saturated heterocycles. The first-order chi connectivity index (χ1) is 6.02. The van der Waals surface area contributed by atoms with Gasteiger partial charge in [-0.3, -0.25) is 12.4 Å². The van der Waals surface area contributed by atoms with Crippen LogP contribution < -0.4 is 5.56 Å².